The van der Waals surface area contributed by atoms with Crippen LogP contribution in [0.4, 0.5) is 10.5 Å². The van der Waals surface area contributed by atoms with Gasteiger partial charge in [0.2, 0.25) is 0 Å². The number of nitrogens with zero attached hydrogens (tertiary/aromatic N) is 1. The molecule has 3 aromatic rings. The van der Waals surface area contributed by atoms with Gasteiger partial charge in [-0.3, -0.25) is 5.41 Å². The SMILES string of the molecule is CC(C)CN(Cc1cccc(C(=N)N)c1)C(=O)Nc1ccc(-c2ccccc2S(C)(=O)=O)cc1. The quantitative estimate of drug-likeness (QED) is 0.320. The minimum absolute atomic E-state index is 0.0146. The van der Waals surface area contributed by atoms with E-state index in [9.17, 15) is 13.2 Å². The smallest absolute Gasteiger partial charge is 0.322 e. The molecular formula is C26H30N4O3S. The van der Waals surface area contributed by atoms with Crippen molar-refractivity contribution in [2.45, 2.75) is 25.3 Å². The molecule has 0 aliphatic carbocycles. The number of rotatable bonds is 8. The average molecular weight is 479 g/mol. The van der Waals surface area contributed by atoms with Crippen LogP contribution in [0.2, 0.25) is 0 Å². The lowest BCUT2D eigenvalue weighted by atomic mass is 10.1. The first-order valence-electron chi connectivity index (χ1n) is 10.9. The molecule has 0 heterocycles. The summed E-state index contributed by atoms with van der Waals surface area (Å²) in [6.07, 6.45) is 1.19. The Morgan fingerprint density at radius 1 is 1.03 bits per heavy atom. The summed E-state index contributed by atoms with van der Waals surface area (Å²) in [6.45, 7) is 5.02. The van der Waals surface area contributed by atoms with Crippen molar-refractivity contribution in [3.05, 3.63) is 83.9 Å². The fourth-order valence-electron chi connectivity index (χ4n) is 3.68. The number of hydrogen-bond acceptors (Lipinski definition) is 4. The molecule has 178 valence electrons. The van der Waals surface area contributed by atoms with Crippen molar-refractivity contribution in [3.63, 3.8) is 0 Å². The van der Waals surface area contributed by atoms with E-state index in [2.05, 4.69) is 5.32 Å². The van der Waals surface area contributed by atoms with Crippen molar-refractivity contribution in [1.82, 2.24) is 4.90 Å². The maximum atomic E-state index is 13.1. The van der Waals surface area contributed by atoms with Gasteiger partial charge in [-0.2, -0.15) is 0 Å². The van der Waals surface area contributed by atoms with Crippen LogP contribution in [-0.2, 0) is 16.4 Å². The number of amides is 2. The number of anilines is 1. The number of amidine groups is 1. The van der Waals surface area contributed by atoms with Gasteiger partial charge in [0, 0.05) is 36.2 Å². The molecule has 0 fully saturated rings. The first-order valence-corrected chi connectivity index (χ1v) is 12.8. The summed E-state index contributed by atoms with van der Waals surface area (Å²) in [5.41, 5.74) is 9.08. The van der Waals surface area contributed by atoms with E-state index in [1.54, 1.807) is 59.5 Å². The number of nitrogens with one attached hydrogen (secondary N) is 2. The van der Waals surface area contributed by atoms with Gasteiger partial charge in [0.05, 0.1) is 4.90 Å². The Labute approximate surface area is 201 Å². The first kappa shape index (κ1) is 25.0. The second kappa shape index (κ2) is 10.5. The molecule has 0 unspecified atom stereocenters. The summed E-state index contributed by atoms with van der Waals surface area (Å²) in [7, 11) is -3.37. The van der Waals surface area contributed by atoms with Crippen molar-refractivity contribution in [2.75, 3.05) is 18.1 Å². The fraction of sp³-hybridized carbons (Fsp3) is 0.231. The largest absolute Gasteiger partial charge is 0.384 e. The Bertz CT molecular complexity index is 1290. The van der Waals surface area contributed by atoms with Crippen molar-refractivity contribution in [1.29, 1.82) is 5.41 Å². The van der Waals surface area contributed by atoms with Crippen molar-refractivity contribution >= 4 is 27.4 Å². The van der Waals surface area contributed by atoms with Crippen LogP contribution in [0.3, 0.4) is 0 Å². The van der Waals surface area contributed by atoms with E-state index in [-0.39, 0.29) is 22.7 Å². The molecule has 0 radical (unpaired) electrons. The van der Waals surface area contributed by atoms with Gasteiger partial charge in [-0.05, 0) is 41.3 Å². The lowest BCUT2D eigenvalue weighted by molar-refractivity contribution is 0.201. The van der Waals surface area contributed by atoms with Crippen LogP contribution < -0.4 is 11.1 Å². The highest BCUT2D eigenvalue weighted by molar-refractivity contribution is 7.90. The van der Waals surface area contributed by atoms with Crippen molar-refractivity contribution in [3.8, 4) is 11.1 Å². The zero-order valence-corrected chi connectivity index (χ0v) is 20.4. The second-order valence-corrected chi connectivity index (χ2v) is 10.6. The van der Waals surface area contributed by atoms with E-state index in [4.69, 9.17) is 11.1 Å². The summed E-state index contributed by atoms with van der Waals surface area (Å²) in [6, 6.07) is 21.0. The maximum absolute atomic E-state index is 13.1. The molecule has 0 bridgehead atoms. The number of hydrogen-bond donors (Lipinski definition) is 3. The molecule has 34 heavy (non-hydrogen) atoms. The molecule has 4 N–H and O–H groups in total. The molecule has 3 aromatic carbocycles. The Kier molecular flexibility index (Phi) is 7.73. The van der Waals surface area contributed by atoms with E-state index >= 15 is 0 Å². The highest BCUT2D eigenvalue weighted by atomic mass is 32.2. The number of urea groups is 1. The third kappa shape index (κ3) is 6.45. The number of nitrogens with two attached hydrogens (primary N) is 1. The van der Waals surface area contributed by atoms with Crippen LogP contribution in [-0.4, -0.2) is 38.0 Å². The molecule has 8 heteroatoms. The third-order valence-corrected chi connectivity index (χ3v) is 6.37. The first-order chi connectivity index (χ1) is 16.0. The molecule has 0 spiro atoms. The van der Waals surface area contributed by atoms with E-state index < -0.39 is 9.84 Å². The maximum Gasteiger partial charge on any atom is 0.322 e. The van der Waals surface area contributed by atoms with Gasteiger partial charge in [-0.25, -0.2) is 13.2 Å². The van der Waals surface area contributed by atoms with Crippen molar-refractivity contribution in [2.24, 2.45) is 11.7 Å². The molecule has 0 aliphatic heterocycles. The normalized spacial score (nSPS) is 11.3. The van der Waals surface area contributed by atoms with Gasteiger partial charge in [-0.15, -0.1) is 0 Å². The number of carbonyl (C=O) groups excluding carboxylic acids is 1. The van der Waals surface area contributed by atoms with Crippen LogP contribution in [0.1, 0.15) is 25.0 Å². The summed E-state index contributed by atoms with van der Waals surface area (Å²) in [5.74, 6) is 0.246. The lowest BCUT2D eigenvalue weighted by Crippen LogP contribution is -2.37. The van der Waals surface area contributed by atoms with Gasteiger partial charge in [0.1, 0.15) is 5.84 Å². The van der Waals surface area contributed by atoms with Crippen LogP contribution in [0.15, 0.2) is 77.7 Å². The molecule has 7 nitrogen and oxygen atoms in total. The van der Waals surface area contributed by atoms with E-state index in [1.165, 1.54) is 6.26 Å². The molecule has 0 saturated heterocycles. The van der Waals surface area contributed by atoms with Crippen LogP contribution in [0, 0.1) is 11.3 Å². The summed E-state index contributed by atoms with van der Waals surface area (Å²) < 4.78 is 24.3. The number of nitrogen functional groups attached to an aromatic ring is 1. The minimum atomic E-state index is -3.37. The Balaban J connectivity index is 1.79. The minimum Gasteiger partial charge on any atom is -0.384 e. The molecule has 0 atom stereocenters. The van der Waals surface area contributed by atoms with Crippen LogP contribution in [0.5, 0.6) is 0 Å². The van der Waals surface area contributed by atoms with Crippen molar-refractivity contribution < 1.29 is 13.2 Å². The van der Waals surface area contributed by atoms with Gasteiger partial charge in [0.15, 0.2) is 9.84 Å². The Morgan fingerprint density at radius 2 is 1.71 bits per heavy atom. The predicted molar refractivity (Wildman–Crippen MR) is 137 cm³/mol. The molecule has 3 rings (SSSR count). The zero-order chi connectivity index (χ0) is 24.9. The van der Waals surface area contributed by atoms with Gasteiger partial charge in [0.25, 0.3) is 0 Å². The molecule has 0 aromatic heterocycles. The van der Waals surface area contributed by atoms with E-state index in [1.807, 2.05) is 32.0 Å². The van der Waals surface area contributed by atoms with E-state index in [0.29, 0.717) is 29.9 Å². The highest BCUT2D eigenvalue weighted by Crippen LogP contribution is 2.28. The molecular weight excluding hydrogens is 448 g/mol. The summed E-state index contributed by atoms with van der Waals surface area (Å²) >= 11 is 0. The van der Waals surface area contributed by atoms with Gasteiger partial charge < -0.3 is 16.0 Å². The number of benzene rings is 3. The third-order valence-electron chi connectivity index (χ3n) is 5.22. The molecule has 0 saturated carbocycles. The topological polar surface area (TPSA) is 116 Å². The van der Waals surface area contributed by atoms with Crippen LogP contribution >= 0.6 is 0 Å². The highest BCUT2D eigenvalue weighted by Gasteiger charge is 2.17. The Hall–Kier alpha value is -3.65. The van der Waals surface area contributed by atoms with Gasteiger partial charge in [-0.1, -0.05) is 62.4 Å². The van der Waals surface area contributed by atoms with E-state index in [0.717, 1.165) is 11.1 Å². The Morgan fingerprint density at radius 3 is 2.32 bits per heavy atom. The second-order valence-electron chi connectivity index (χ2n) is 8.66. The number of carbonyl (C=O) groups is 1. The average Bonchev–Trinajstić information content (AvgIpc) is 2.78. The summed E-state index contributed by atoms with van der Waals surface area (Å²) in [5, 5.41) is 10.6. The fourth-order valence-corrected chi connectivity index (χ4v) is 4.59. The molecule has 0 aliphatic rings. The summed E-state index contributed by atoms with van der Waals surface area (Å²) in [4.78, 5) is 15.1. The standard InChI is InChI=1S/C26H30N4O3S/c1-18(2)16-30(17-19-7-6-8-21(15-19)25(27)28)26(31)29-22-13-11-20(12-14-22)23-9-4-5-10-24(23)34(3,32)33/h4-15,18H,16-17H2,1-3H3,(H3,27,28)(H,29,31). The zero-order valence-electron chi connectivity index (χ0n) is 19.6. The molecule has 2 amide bonds. The number of sulfone groups is 1. The lowest BCUT2D eigenvalue weighted by Gasteiger charge is -2.25. The monoisotopic (exact) mass is 478 g/mol. The van der Waals surface area contributed by atoms with Crippen LogP contribution in [0.25, 0.3) is 11.1 Å². The van der Waals surface area contributed by atoms with Gasteiger partial charge >= 0.3 is 6.03 Å². The predicted octanol–water partition coefficient (Wildman–Crippen LogP) is 4.73.